The van der Waals surface area contributed by atoms with Gasteiger partial charge in [-0.2, -0.15) is 0 Å². The van der Waals surface area contributed by atoms with Crippen LogP contribution in [0.3, 0.4) is 0 Å². The van der Waals surface area contributed by atoms with E-state index >= 15 is 0 Å². The van der Waals surface area contributed by atoms with Crippen LogP contribution < -0.4 is 0 Å². The van der Waals surface area contributed by atoms with E-state index in [4.69, 9.17) is 11.1 Å². The quantitative estimate of drug-likeness (QED) is 0.632. The first-order valence-electron chi connectivity index (χ1n) is 1.81. The van der Waals surface area contributed by atoms with Gasteiger partial charge in [-0.05, 0) is 0 Å². The molecular formula is C3H9O3Sb. The summed E-state index contributed by atoms with van der Waals surface area (Å²) < 4.78 is 9.61. The second kappa shape index (κ2) is 4.85. The van der Waals surface area contributed by atoms with Gasteiger partial charge in [-0.3, -0.25) is 0 Å². The van der Waals surface area contributed by atoms with Gasteiger partial charge in [0.05, 0.1) is 0 Å². The van der Waals surface area contributed by atoms with E-state index in [2.05, 4.69) is 0 Å². The fourth-order valence-electron chi connectivity index (χ4n) is 0.190. The summed E-state index contributed by atoms with van der Waals surface area (Å²) in [6.45, 7) is 0. The molecule has 0 aromatic heterocycles. The molecule has 4 heteroatoms. The molecule has 0 amide bonds. The van der Waals surface area contributed by atoms with Crippen LogP contribution in [-0.2, 0) is 6.03 Å². The summed E-state index contributed by atoms with van der Waals surface area (Å²) in [6, 6.07) is 0. The van der Waals surface area contributed by atoms with Crippen molar-refractivity contribution in [3.05, 3.63) is 0 Å². The van der Waals surface area contributed by atoms with Gasteiger partial charge in [-0.15, -0.1) is 0 Å². The first-order chi connectivity index (χ1) is 3.35. The Kier molecular flexibility index (Phi) is 5.33. The zero-order valence-corrected chi connectivity index (χ0v) is 6.97. The van der Waals surface area contributed by atoms with Crippen LogP contribution in [0.5, 0.6) is 0 Å². The molecule has 0 atom stereocenters. The van der Waals surface area contributed by atoms with Crippen LogP contribution in [0.25, 0.3) is 0 Å². The SMILES string of the molecule is C[O][Sb]([CH2]O)[O]C. The Hall–Kier alpha value is 0.698. The third kappa shape index (κ3) is 3.30. The Bertz CT molecular complexity index is 31.7. The summed E-state index contributed by atoms with van der Waals surface area (Å²) >= 11 is -1.99. The van der Waals surface area contributed by atoms with Crippen molar-refractivity contribution in [2.75, 3.05) is 18.8 Å². The van der Waals surface area contributed by atoms with E-state index in [1.807, 2.05) is 0 Å². The molecule has 0 fully saturated rings. The zero-order valence-electron chi connectivity index (χ0n) is 4.42. The first kappa shape index (κ1) is 7.70. The third-order valence-corrected chi connectivity index (χ3v) is 3.51. The van der Waals surface area contributed by atoms with Crippen LogP contribution in [0.15, 0.2) is 0 Å². The van der Waals surface area contributed by atoms with Crippen LogP contribution >= 0.6 is 0 Å². The molecule has 1 N–H and O–H groups in total. The topological polar surface area (TPSA) is 38.7 Å². The summed E-state index contributed by atoms with van der Waals surface area (Å²) in [5.41, 5.74) is 0. The predicted octanol–water partition coefficient (Wildman–Crippen LogP) is -0.701. The minimum atomic E-state index is -1.99. The molecule has 0 saturated carbocycles. The molecule has 0 spiro atoms. The summed E-state index contributed by atoms with van der Waals surface area (Å²) in [4.78, 5) is 0. The average molecular weight is 215 g/mol. The molecule has 0 aliphatic carbocycles. The summed E-state index contributed by atoms with van der Waals surface area (Å²) in [7, 11) is 3.12. The molecule has 0 rings (SSSR count). The maximum absolute atomic E-state index is 8.36. The van der Waals surface area contributed by atoms with Crippen LogP contribution in [0.2, 0.25) is 0 Å². The van der Waals surface area contributed by atoms with Crippen LogP contribution in [-0.4, -0.2) is 44.9 Å². The second-order valence-electron chi connectivity index (χ2n) is 0.839. The fourth-order valence-corrected chi connectivity index (χ4v) is 1.27. The van der Waals surface area contributed by atoms with Crippen molar-refractivity contribution >= 4 is 21.1 Å². The van der Waals surface area contributed by atoms with E-state index in [0.29, 0.717) is 0 Å². The molecule has 0 radical (unpaired) electrons. The van der Waals surface area contributed by atoms with Crippen molar-refractivity contribution in [3.8, 4) is 0 Å². The van der Waals surface area contributed by atoms with Gasteiger partial charge in [0, 0.05) is 0 Å². The van der Waals surface area contributed by atoms with Gasteiger partial charge >= 0.3 is 51.0 Å². The number of aliphatic hydroxyl groups is 1. The molecule has 0 aliphatic heterocycles. The number of hydrogen-bond donors (Lipinski definition) is 1. The third-order valence-electron chi connectivity index (χ3n) is 0.523. The van der Waals surface area contributed by atoms with Crippen molar-refractivity contribution in [1.29, 1.82) is 0 Å². The van der Waals surface area contributed by atoms with Crippen LogP contribution in [0.1, 0.15) is 0 Å². The average Bonchev–Trinajstić information content (AvgIpc) is 1.72. The van der Waals surface area contributed by atoms with E-state index in [-0.39, 0.29) is 4.55 Å². The van der Waals surface area contributed by atoms with Crippen molar-refractivity contribution in [3.63, 3.8) is 0 Å². The minimum absolute atomic E-state index is 0.0931. The monoisotopic (exact) mass is 214 g/mol. The van der Waals surface area contributed by atoms with Crippen LogP contribution in [0, 0.1) is 0 Å². The van der Waals surface area contributed by atoms with E-state index < -0.39 is 21.1 Å². The Morgan fingerprint density at radius 1 is 1.43 bits per heavy atom. The van der Waals surface area contributed by atoms with Crippen molar-refractivity contribution < 1.29 is 11.1 Å². The zero-order chi connectivity index (χ0) is 5.70. The Labute approximate surface area is 51.3 Å². The molecule has 0 saturated heterocycles. The van der Waals surface area contributed by atoms with Gasteiger partial charge < -0.3 is 0 Å². The van der Waals surface area contributed by atoms with Crippen molar-refractivity contribution in [2.24, 2.45) is 0 Å². The normalized spacial score (nSPS) is 10.3. The van der Waals surface area contributed by atoms with E-state index in [9.17, 15) is 0 Å². The molecule has 0 bridgehead atoms. The van der Waals surface area contributed by atoms with E-state index in [1.54, 1.807) is 14.2 Å². The molecule has 7 heavy (non-hydrogen) atoms. The van der Waals surface area contributed by atoms with E-state index in [1.165, 1.54) is 0 Å². The Morgan fingerprint density at radius 3 is 1.86 bits per heavy atom. The van der Waals surface area contributed by atoms with Gasteiger partial charge in [0.25, 0.3) is 0 Å². The summed E-state index contributed by atoms with van der Waals surface area (Å²) in [5, 5.41) is 8.36. The molecular weight excluding hydrogens is 206 g/mol. The number of aliphatic hydroxyl groups excluding tert-OH is 1. The van der Waals surface area contributed by atoms with Gasteiger partial charge in [0.15, 0.2) is 0 Å². The Balaban J connectivity index is 2.99. The fraction of sp³-hybridized carbons (Fsp3) is 1.00. The maximum atomic E-state index is 8.36. The van der Waals surface area contributed by atoms with Gasteiger partial charge in [0.2, 0.25) is 0 Å². The molecule has 0 aromatic carbocycles. The van der Waals surface area contributed by atoms with Gasteiger partial charge in [-0.1, -0.05) is 0 Å². The van der Waals surface area contributed by atoms with Crippen molar-refractivity contribution in [2.45, 2.75) is 0 Å². The first-order valence-corrected chi connectivity index (χ1v) is 5.70. The van der Waals surface area contributed by atoms with Crippen LogP contribution in [0.4, 0.5) is 0 Å². The van der Waals surface area contributed by atoms with Gasteiger partial charge in [0.1, 0.15) is 0 Å². The number of hydrogen-bond acceptors (Lipinski definition) is 3. The van der Waals surface area contributed by atoms with Crippen molar-refractivity contribution in [1.82, 2.24) is 0 Å². The second-order valence-corrected chi connectivity index (χ2v) is 5.63. The standard InChI is InChI=1S/3CH3O.Sb/c3*1-2;/h2*1H3;2H,1H2;/q2*-1;;+2. The van der Waals surface area contributed by atoms with Gasteiger partial charge in [-0.25, -0.2) is 0 Å². The molecule has 0 unspecified atom stereocenters. The number of rotatable bonds is 3. The molecule has 3 nitrogen and oxygen atoms in total. The molecule has 0 aromatic rings. The van der Waals surface area contributed by atoms with E-state index in [0.717, 1.165) is 0 Å². The summed E-state index contributed by atoms with van der Waals surface area (Å²) in [6.07, 6.45) is 0. The molecule has 0 heterocycles. The molecule has 0 aliphatic rings. The Morgan fingerprint density at radius 2 is 1.86 bits per heavy atom. The summed E-state index contributed by atoms with van der Waals surface area (Å²) in [5.74, 6) is 0. The predicted molar refractivity (Wildman–Crippen MR) is 26.9 cm³/mol. The molecule has 44 valence electrons.